The maximum atomic E-state index is 12.2. The minimum atomic E-state index is -0.681. The van der Waals surface area contributed by atoms with Crippen LogP contribution in [0, 0.1) is 6.92 Å². The van der Waals surface area contributed by atoms with Gasteiger partial charge in [-0.2, -0.15) is 0 Å². The molecule has 0 saturated heterocycles. The van der Waals surface area contributed by atoms with E-state index in [1.807, 2.05) is 25.1 Å². The van der Waals surface area contributed by atoms with Crippen LogP contribution in [0.2, 0.25) is 0 Å². The van der Waals surface area contributed by atoms with Crippen molar-refractivity contribution in [3.8, 4) is 5.88 Å². The van der Waals surface area contributed by atoms with E-state index in [1.165, 1.54) is 12.0 Å². The molecule has 0 bridgehead atoms. The highest BCUT2D eigenvalue weighted by molar-refractivity contribution is 6.40. The number of rotatable bonds is 4. The Balaban J connectivity index is 2.01. The Morgan fingerprint density at radius 1 is 1.26 bits per heavy atom. The molecule has 0 unspecified atom stereocenters. The van der Waals surface area contributed by atoms with E-state index in [1.54, 1.807) is 31.4 Å². The van der Waals surface area contributed by atoms with E-state index in [2.05, 4.69) is 10.3 Å². The van der Waals surface area contributed by atoms with Crippen LogP contribution in [0.25, 0.3) is 0 Å². The molecule has 0 aliphatic rings. The van der Waals surface area contributed by atoms with Crippen molar-refractivity contribution < 1.29 is 14.3 Å². The number of methoxy groups -OCH3 is 1. The minimum Gasteiger partial charge on any atom is -0.481 e. The average Bonchev–Trinajstić information content (AvgIpc) is 2.58. The third-order valence-corrected chi connectivity index (χ3v) is 3.37. The molecular weight excluding hydrogens is 294 g/mol. The van der Waals surface area contributed by atoms with Gasteiger partial charge in [-0.25, -0.2) is 4.98 Å². The van der Waals surface area contributed by atoms with Crippen LogP contribution < -0.4 is 15.0 Å². The van der Waals surface area contributed by atoms with Crippen molar-refractivity contribution in [1.29, 1.82) is 0 Å². The number of aryl methyl sites for hydroxylation is 1. The van der Waals surface area contributed by atoms with Crippen molar-refractivity contribution in [3.63, 3.8) is 0 Å². The van der Waals surface area contributed by atoms with Gasteiger partial charge in [0, 0.05) is 31.0 Å². The van der Waals surface area contributed by atoms with E-state index in [9.17, 15) is 9.59 Å². The zero-order valence-electron chi connectivity index (χ0n) is 13.4. The number of hydrogen-bond donors (Lipinski definition) is 1. The summed E-state index contributed by atoms with van der Waals surface area (Å²) in [4.78, 5) is 29.6. The van der Waals surface area contributed by atoms with E-state index in [4.69, 9.17) is 4.74 Å². The molecule has 23 heavy (non-hydrogen) atoms. The lowest BCUT2D eigenvalue weighted by atomic mass is 10.2. The Kier molecular flexibility index (Phi) is 5.30. The summed E-state index contributed by atoms with van der Waals surface area (Å²) in [6, 6.07) is 10.9. The third-order valence-electron chi connectivity index (χ3n) is 3.37. The smallest absolute Gasteiger partial charge is 0.316 e. The quantitative estimate of drug-likeness (QED) is 0.872. The lowest BCUT2D eigenvalue weighted by molar-refractivity contribution is -0.137. The molecule has 120 valence electrons. The molecular formula is C17H19N3O3. The topological polar surface area (TPSA) is 71.5 Å². The van der Waals surface area contributed by atoms with Gasteiger partial charge in [-0.1, -0.05) is 18.2 Å². The van der Waals surface area contributed by atoms with Gasteiger partial charge in [-0.05, 0) is 30.7 Å². The third kappa shape index (κ3) is 4.06. The van der Waals surface area contributed by atoms with Crippen LogP contribution in [-0.4, -0.2) is 31.0 Å². The van der Waals surface area contributed by atoms with Crippen LogP contribution in [-0.2, 0) is 16.1 Å². The Morgan fingerprint density at radius 2 is 2.04 bits per heavy atom. The number of likely N-dealkylation sites (N-methyl/N-ethyl adjacent to an activating group) is 1. The van der Waals surface area contributed by atoms with Crippen molar-refractivity contribution in [2.45, 2.75) is 13.5 Å². The van der Waals surface area contributed by atoms with Crippen molar-refractivity contribution >= 4 is 17.5 Å². The summed E-state index contributed by atoms with van der Waals surface area (Å²) >= 11 is 0. The summed E-state index contributed by atoms with van der Waals surface area (Å²) in [6.45, 7) is 2.10. The Morgan fingerprint density at radius 3 is 2.74 bits per heavy atom. The first kappa shape index (κ1) is 16.5. The number of nitrogens with zero attached hydrogens (tertiary/aromatic N) is 2. The second kappa shape index (κ2) is 7.40. The molecule has 1 heterocycles. The first-order valence-corrected chi connectivity index (χ1v) is 7.13. The maximum Gasteiger partial charge on any atom is 0.316 e. The summed E-state index contributed by atoms with van der Waals surface area (Å²) in [5.74, 6) is -0.884. The number of pyridine rings is 1. The lowest BCUT2D eigenvalue weighted by Crippen LogP contribution is -2.40. The lowest BCUT2D eigenvalue weighted by Gasteiger charge is -2.17. The van der Waals surface area contributed by atoms with Crippen LogP contribution in [0.5, 0.6) is 5.88 Å². The predicted octanol–water partition coefficient (Wildman–Crippen LogP) is 1.68. The molecule has 2 aromatic rings. The molecule has 0 atom stereocenters. The number of hydrogen-bond acceptors (Lipinski definition) is 4. The van der Waals surface area contributed by atoms with Crippen molar-refractivity contribution in [1.82, 2.24) is 10.3 Å². The van der Waals surface area contributed by atoms with Gasteiger partial charge in [-0.3, -0.25) is 9.59 Å². The zero-order chi connectivity index (χ0) is 16.8. The standard InChI is InChI=1S/C17H19N3O3/c1-12-6-4-8-14(10-12)20(2)17(22)15(21)19-11-13-7-5-9-18-16(13)23-3/h4-10H,11H2,1-3H3,(H,19,21). The van der Waals surface area contributed by atoms with Crippen molar-refractivity contribution in [2.24, 2.45) is 0 Å². The Bertz CT molecular complexity index is 716. The summed E-state index contributed by atoms with van der Waals surface area (Å²) in [6.07, 6.45) is 1.60. The second-order valence-electron chi connectivity index (χ2n) is 5.06. The molecule has 6 heteroatoms. The van der Waals surface area contributed by atoms with Crippen LogP contribution in [0.3, 0.4) is 0 Å². The number of nitrogens with one attached hydrogen (secondary N) is 1. The number of carbonyl (C=O) groups is 2. The van der Waals surface area contributed by atoms with Crippen molar-refractivity contribution in [2.75, 3.05) is 19.1 Å². The molecule has 2 rings (SSSR count). The van der Waals surface area contributed by atoms with E-state index >= 15 is 0 Å². The van der Waals surface area contributed by atoms with Crippen LogP contribution in [0.1, 0.15) is 11.1 Å². The largest absolute Gasteiger partial charge is 0.481 e. The average molecular weight is 313 g/mol. The van der Waals surface area contributed by atoms with E-state index in [0.717, 1.165) is 5.56 Å². The van der Waals surface area contributed by atoms with E-state index in [-0.39, 0.29) is 6.54 Å². The molecule has 0 spiro atoms. The molecule has 0 fully saturated rings. The van der Waals surface area contributed by atoms with Crippen molar-refractivity contribution in [3.05, 3.63) is 53.7 Å². The molecule has 0 saturated carbocycles. The number of amides is 2. The highest BCUT2D eigenvalue weighted by atomic mass is 16.5. The summed E-state index contributed by atoms with van der Waals surface area (Å²) < 4.78 is 5.11. The second-order valence-corrected chi connectivity index (χ2v) is 5.06. The van der Waals surface area contributed by atoms with Crippen LogP contribution in [0.15, 0.2) is 42.6 Å². The van der Waals surface area contributed by atoms with Crippen LogP contribution in [0.4, 0.5) is 5.69 Å². The van der Waals surface area contributed by atoms with Gasteiger partial charge in [-0.15, -0.1) is 0 Å². The molecule has 2 amide bonds. The molecule has 6 nitrogen and oxygen atoms in total. The van der Waals surface area contributed by atoms with Gasteiger partial charge < -0.3 is 15.0 Å². The molecule has 0 aliphatic heterocycles. The SMILES string of the molecule is COc1ncccc1CNC(=O)C(=O)N(C)c1cccc(C)c1. The zero-order valence-corrected chi connectivity index (χ0v) is 13.4. The predicted molar refractivity (Wildman–Crippen MR) is 87.2 cm³/mol. The van der Waals surface area contributed by atoms with Crippen LogP contribution >= 0.6 is 0 Å². The molecule has 0 aliphatic carbocycles. The fraction of sp³-hybridized carbons (Fsp3) is 0.235. The molecule has 0 radical (unpaired) electrons. The first-order valence-electron chi connectivity index (χ1n) is 7.13. The molecule has 1 N–H and O–H groups in total. The number of carbonyl (C=O) groups excluding carboxylic acids is 2. The van der Waals surface area contributed by atoms with Gasteiger partial charge in [0.05, 0.1) is 7.11 Å². The fourth-order valence-electron chi connectivity index (χ4n) is 2.10. The van der Waals surface area contributed by atoms with E-state index < -0.39 is 11.8 Å². The van der Waals surface area contributed by atoms with Gasteiger partial charge in [0.1, 0.15) is 0 Å². The highest BCUT2D eigenvalue weighted by Crippen LogP contribution is 2.15. The van der Waals surface area contributed by atoms with Gasteiger partial charge in [0.2, 0.25) is 5.88 Å². The molecule has 1 aromatic carbocycles. The first-order chi connectivity index (χ1) is 11.0. The number of ether oxygens (including phenoxy) is 1. The van der Waals surface area contributed by atoms with E-state index in [0.29, 0.717) is 17.1 Å². The minimum absolute atomic E-state index is 0.170. The normalized spacial score (nSPS) is 10.0. The van der Waals surface area contributed by atoms with Gasteiger partial charge >= 0.3 is 11.8 Å². The highest BCUT2D eigenvalue weighted by Gasteiger charge is 2.20. The Labute approximate surface area is 135 Å². The molecule has 1 aromatic heterocycles. The number of benzene rings is 1. The number of aromatic nitrogens is 1. The number of anilines is 1. The maximum absolute atomic E-state index is 12.2. The summed E-state index contributed by atoms with van der Waals surface area (Å²) in [7, 11) is 3.08. The Hall–Kier alpha value is -2.89. The van der Waals surface area contributed by atoms with Gasteiger partial charge in [0.15, 0.2) is 0 Å². The summed E-state index contributed by atoms with van der Waals surface area (Å²) in [5.41, 5.74) is 2.39. The fourth-order valence-corrected chi connectivity index (χ4v) is 2.10. The van der Waals surface area contributed by atoms with Gasteiger partial charge in [0.25, 0.3) is 0 Å². The monoisotopic (exact) mass is 313 g/mol. The summed E-state index contributed by atoms with van der Waals surface area (Å²) in [5, 5.41) is 2.59.